The van der Waals surface area contributed by atoms with Crippen LogP contribution in [-0.2, 0) is 0 Å². The molecule has 0 spiro atoms. The first-order valence-corrected chi connectivity index (χ1v) is 5.39. The summed E-state index contributed by atoms with van der Waals surface area (Å²) in [4.78, 5) is 15.4. The SMILES string of the molecule is O=C(N[C@@H]1CCCNC1)c1ccc(F)cn1. The topological polar surface area (TPSA) is 54.0 Å². The van der Waals surface area contributed by atoms with E-state index in [0.717, 1.165) is 32.1 Å². The number of hydrogen-bond donors (Lipinski definition) is 2. The molecule has 0 aromatic carbocycles. The van der Waals surface area contributed by atoms with Crippen molar-refractivity contribution in [3.63, 3.8) is 0 Å². The first-order chi connectivity index (χ1) is 7.75. The number of rotatable bonds is 2. The van der Waals surface area contributed by atoms with E-state index in [0.29, 0.717) is 0 Å². The second kappa shape index (κ2) is 5.03. The lowest BCUT2D eigenvalue weighted by molar-refractivity contribution is 0.0925. The number of hydrogen-bond acceptors (Lipinski definition) is 3. The minimum atomic E-state index is -0.434. The van der Waals surface area contributed by atoms with E-state index in [4.69, 9.17) is 0 Å². The van der Waals surface area contributed by atoms with Crippen LogP contribution in [0.15, 0.2) is 18.3 Å². The van der Waals surface area contributed by atoms with Crippen LogP contribution < -0.4 is 10.6 Å². The highest BCUT2D eigenvalue weighted by Crippen LogP contribution is 2.03. The van der Waals surface area contributed by atoms with E-state index in [9.17, 15) is 9.18 Å². The summed E-state index contributed by atoms with van der Waals surface area (Å²) < 4.78 is 12.6. The van der Waals surface area contributed by atoms with Gasteiger partial charge in [0.2, 0.25) is 0 Å². The fraction of sp³-hybridized carbons (Fsp3) is 0.455. The summed E-state index contributed by atoms with van der Waals surface area (Å²) in [6, 6.07) is 2.77. The van der Waals surface area contributed by atoms with Gasteiger partial charge in [-0.05, 0) is 31.5 Å². The van der Waals surface area contributed by atoms with Crippen molar-refractivity contribution < 1.29 is 9.18 Å². The minimum Gasteiger partial charge on any atom is -0.347 e. The number of halogens is 1. The molecular formula is C11H14FN3O. The van der Waals surface area contributed by atoms with Crippen LogP contribution in [0.2, 0.25) is 0 Å². The summed E-state index contributed by atoms with van der Waals surface area (Å²) in [5.74, 6) is -0.676. The van der Waals surface area contributed by atoms with Crippen molar-refractivity contribution >= 4 is 5.91 Å². The molecule has 0 aliphatic carbocycles. The van der Waals surface area contributed by atoms with Gasteiger partial charge in [-0.3, -0.25) is 4.79 Å². The number of pyridine rings is 1. The third-order valence-electron chi connectivity index (χ3n) is 2.59. The molecule has 2 rings (SSSR count). The fourth-order valence-corrected chi connectivity index (χ4v) is 1.74. The molecule has 16 heavy (non-hydrogen) atoms. The van der Waals surface area contributed by atoms with Crippen LogP contribution in [0.5, 0.6) is 0 Å². The maximum absolute atomic E-state index is 12.6. The normalized spacial score (nSPS) is 20.4. The Morgan fingerprint density at radius 3 is 3.06 bits per heavy atom. The number of aromatic nitrogens is 1. The molecule has 1 saturated heterocycles. The molecule has 1 atom stereocenters. The minimum absolute atomic E-state index is 0.146. The Bertz CT molecular complexity index is 360. The smallest absolute Gasteiger partial charge is 0.270 e. The maximum Gasteiger partial charge on any atom is 0.270 e. The van der Waals surface area contributed by atoms with Crippen molar-refractivity contribution in [1.82, 2.24) is 15.6 Å². The van der Waals surface area contributed by atoms with E-state index < -0.39 is 5.82 Å². The van der Waals surface area contributed by atoms with Gasteiger partial charge in [0.1, 0.15) is 11.5 Å². The summed E-state index contributed by atoms with van der Waals surface area (Å²) in [5, 5.41) is 6.07. The van der Waals surface area contributed by atoms with E-state index in [1.54, 1.807) is 0 Å². The summed E-state index contributed by atoms with van der Waals surface area (Å²) in [7, 11) is 0. The van der Waals surface area contributed by atoms with Gasteiger partial charge in [0, 0.05) is 12.6 Å². The molecular weight excluding hydrogens is 209 g/mol. The van der Waals surface area contributed by atoms with Gasteiger partial charge in [-0.1, -0.05) is 0 Å². The van der Waals surface area contributed by atoms with Gasteiger partial charge >= 0.3 is 0 Å². The van der Waals surface area contributed by atoms with Crippen molar-refractivity contribution in [3.05, 3.63) is 29.8 Å². The average Bonchev–Trinajstić information content (AvgIpc) is 2.31. The van der Waals surface area contributed by atoms with Gasteiger partial charge in [-0.2, -0.15) is 0 Å². The zero-order chi connectivity index (χ0) is 11.4. The van der Waals surface area contributed by atoms with Crippen molar-refractivity contribution in [2.45, 2.75) is 18.9 Å². The first-order valence-electron chi connectivity index (χ1n) is 5.39. The lowest BCUT2D eigenvalue weighted by Crippen LogP contribution is -2.45. The lowest BCUT2D eigenvalue weighted by atomic mass is 10.1. The van der Waals surface area contributed by atoms with Crippen LogP contribution in [0.1, 0.15) is 23.3 Å². The molecule has 2 heterocycles. The molecule has 1 amide bonds. The van der Waals surface area contributed by atoms with E-state index in [-0.39, 0.29) is 17.6 Å². The summed E-state index contributed by atoms with van der Waals surface area (Å²) in [5.41, 5.74) is 0.256. The average molecular weight is 223 g/mol. The molecule has 1 fully saturated rings. The number of nitrogens with zero attached hydrogens (tertiary/aromatic N) is 1. The zero-order valence-electron chi connectivity index (χ0n) is 8.87. The van der Waals surface area contributed by atoms with Crippen LogP contribution >= 0.6 is 0 Å². The van der Waals surface area contributed by atoms with E-state index in [1.807, 2.05) is 0 Å². The molecule has 0 unspecified atom stereocenters. The van der Waals surface area contributed by atoms with Gasteiger partial charge in [-0.15, -0.1) is 0 Å². The number of piperidine rings is 1. The van der Waals surface area contributed by atoms with Gasteiger partial charge in [0.25, 0.3) is 5.91 Å². The van der Waals surface area contributed by atoms with Crippen molar-refractivity contribution in [2.75, 3.05) is 13.1 Å². The summed E-state index contributed by atoms with van der Waals surface area (Å²) in [6.45, 7) is 1.79. The van der Waals surface area contributed by atoms with E-state index in [1.165, 1.54) is 12.1 Å². The highest BCUT2D eigenvalue weighted by Gasteiger charge is 2.16. The van der Waals surface area contributed by atoms with Crippen molar-refractivity contribution in [1.29, 1.82) is 0 Å². The quantitative estimate of drug-likeness (QED) is 0.776. The molecule has 0 saturated carbocycles. The Morgan fingerprint density at radius 1 is 1.56 bits per heavy atom. The predicted molar refractivity (Wildman–Crippen MR) is 57.6 cm³/mol. The number of carbonyl (C=O) groups is 1. The molecule has 1 aromatic rings. The van der Waals surface area contributed by atoms with Crippen LogP contribution in [0.4, 0.5) is 4.39 Å². The second-order valence-corrected chi connectivity index (χ2v) is 3.88. The first kappa shape index (κ1) is 11.0. The van der Waals surface area contributed by atoms with Crippen LogP contribution in [-0.4, -0.2) is 30.0 Å². The van der Waals surface area contributed by atoms with Gasteiger partial charge < -0.3 is 10.6 Å². The Hall–Kier alpha value is -1.49. The highest BCUT2D eigenvalue weighted by atomic mass is 19.1. The van der Waals surface area contributed by atoms with Crippen molar-refractivity contribution in [3.8, 4) is 0 Å². The molecule has 0 bridgehead atoms. The van der Waals surface area contributed by atoms with Crippen LogP contribution in [0, 0.1) is 5.82 Å². The van der Waals surface area contributed by atoms with Gasteiger partial charge in [0.15, 0.2) is 0 Å². The number of amides is 1. The number of nitrogens with one attached hydrogen (secondary N) is 2. The van der Waals surface area contributed by atoms with Gasteiger partial charge in [0.05, 0.1) is 6.20 Å². The summed E-state index contributed by atoms with van der Waals surface area (Å²) >= 11 is 0. The molecule has 2 N–H and O–H groups in total. The molecule has 1 aliphatic heterocycles. The maximum atomic E-state index is 12.6. The second-order valence-electron chi connectivity index (χ2n) is 3.88. The Balaban J connectivity index is 1.94. The van der Waals surface area contributed by atoms with E-state index in [2.05, 4.69) is 15.6 Å². The largest absolute Gasteiger partial charge is 0.347 e. The standard InChI is InChI=1S/C11H14FN3O/c12-8-3-4-10(14-6-8)11(16)15-9-2-1-5-13-7-9/h3-4,6,9,13H,1-2,5,7H2,(H,15,16)/t9-/m1/s1. The monoisotopic (exact) mass is 223 g/mol. The third-order valence-corrected chi connectivity index (χ3v) is 2.59. The highest BCUT2D eigenvalue weighted by molar-refractivity contribution is 5.92. The number of carbonyl (C=O) groups excluding carboxylic acids is 1. The molecule has 86 valence electrons. The van der Waals surface area contributed by atoms with Gasteiger partial charge in [-0.25, -0.2) is 9.37 Å². The van der Waals surface area contributed by atoms with Crippen molar-refractivity contribution in [2.24, 2.45) is 0 Å². The van der Waals surface area contributed by atoms with Crippen LogP contribution in [0.3, 0.4) is 0 Å². The molecule has 5 heteroatoms. The Kier molecular flexibility index (Phi) is 3.46. The molecule has 1 aliphatic rings. The molecule has 1 aromatic heterocycles. The predicted octanol–water partition coefficient (Wildman–Crippen LogP) is 0.702. The molecule has 4 nitrogen and oxygen atoms in total. The summed E-state index contributed by atoms with van der Waals surface area (Å²) in [6.07, 6.45) is 3.08. The fourth-order valence-electron chi connectivity index (χ4n) is 1.74. The Morgan fingerprint density at radius 2 is 2.44 bits per heavy atom. The lowest BCUT2D eigenvalue weighted by Gasteiger charge is -2.23. The zero-order valence-corrected chi connectivity index (χ0v) is 8.87. The van der Waals surface area contributed by atoms with E-state index >= 15 is 0 Å². The van der Waals surface area contributed by atoms with Crippen LogP contribution in [0.25, 0.3) is 0 Å². The third kappa shape index (κ3) is 2.76. The Labute approximate surface area is 93.3 Å². The molecule has 0 radical (unpaired) electrons.